The second kappa shape index (κ2) is 6.58. The Morgan fingerprint density at radius 1 is 1.29 bits per heavy atom. The van der Waals surface area contributed by atoms with Crippen molar-refractivity contribution in [1.29, 1.82) is 0 Å². The predicted octanol–water partition coefficient (Wildman–Crippen LogP) is 3.84. The molecule has 2 rings (SSSR count). The fourth-order valence-corrected chi connectivity index (χ4v) is 3.58. The molecule has 0 spiro atoms. The number of nitrogens with one attached hydrogen (secondary N) is 1. The van der Waals surface area contributed by atoms with Gasteiger partial charge in [0.15, 0.2) is 0 Å². The van der Waals surface area contributed by atoms with Crippen molar-refractivity contribution < 1.29 is 4.74 Å². The van der Waals surface area contributed by atoms with Crippen LogP contribution in [-0.4, -0.2) is 18.6 Å². The minimum atomic E-state index is -0.174. The lowest BCUT2D eigenvalue weighted by Gasteiger charge is -2.29. The third-order valence-corrected chi connectivity index (χ3v) is 5.14. The van der Waals surface area contributed by atoms with Crippen molar-refractivity contribution >= 4 is 11.3 Å². The van der Waals surface area contributed by atoms with Gasteiger partial charge in [-0.2, -0.15) is 0 Å². The molecule has 0 saturated heterocycles. The van der Waals surface area contributed by atoms with Crippen LogP contribution in [0.1, 0.15) is 35.0 Å². The van der Waals surface area contributed by atoms with E-state index in [-0.39, 0.29) is 5.54 Å². The molecule has 0 aliphatic rings. The molecule has 1 N–H and O–H groups in total. The third kappa shape index (κ3) is 3.44. The SMILES string of the molecule is CCNC(C)(Cc1ccccc1OC)c1nc(C)c(C)s1. The number of benzene rings is 1. The average molecular weight is 304 g/mol. The van der Waals surface area contributed by atoms with Crippen LogP contribution in [0.3, 0.4) is 0 Å². The van der Waals surface area contributed by atoms with E-state index in [4.69, 9.17) is 9.72 Å². The first-order valence-corrected chi connectivity index (χ1v) is 8.13. The van der Waals surface area contributed by atoms with Gasteiger partial charge in [0.2, 0.25) is 0 Å². The van der Waals surface area contributed by atoms with E-state index in [1.165, 1.54) is 10.4 Å². The van der Waals surface area contributed by atoms with Gasteiger partial charge in [-0.1, -0.05) is 25.1 Å². The van der Waals surface area contributed by atoms with Crippen molar-refractivity contribution in [1.82, 2.24) is 10.3 Å². The maximum atomic E-state index is 5.49. The molecule has 0 aliphatic heterocycles. The smallest absolute Gasteiger partial charge is 0.122 e. The molecular formula is C17H24N2OS. The molecule has 1 atom stereocenters. The zero-order valence-corrected chi connectivity index (χ0v) is 14.3. The van der Waals surface area contributed by atoms with Gasteiger partial charge in [-0.15, -0.1) is 11.3 Å². The highest BCUT2D eigenvalue weighted by molar-refractivity contribution is 7.11. The van der Waals surface area contributed by atoms with Crippen molar-refractivity contribution in [3.63, 3.8) is 0 Å². The summed E-state index contributed by atoms with van der Waals surface area (Å²) >= 11 is 1.78. The number of aromatic nitrogens is 1. The first kappa shape index (κ1) is 16.0. The molecule has 0 fully saturated rings. The van der Waals surface area contributed by atoms with Crippen LogP contribution < -0.4 is 10.1 Å². The van der Waals surface area contributed by atoms with Crippen LogP contribution in [0.15, 0.2) is 24.3 Å². The standard InChI is InChI=1S/C17H24N2OS/c1-6-18-17(4,16-19-12(2)13(3)21-16)11-14-9-7-8-10-15(14)20-5/h7-10,18H,6,11H2,1-5H3. The average Bonchev–Trinajstić information content (AvgIpc) is 2.80. The number of methoxy groups -OCH3 is 1. The highest BCUT2D eigenvalue weighted by Crippen LogP contribution is 2.33. The Labute approximate surface area is 131 Å². The maximum Gasteiger partial charge on any atom is 0.122 e. The fraction of sp³-hybridized carbons (Fsp3) is 0.471. The van der Waals surface area contributed by atoms with Crippen molar-refractivity contribution in [3.05, 3.63) is 45.4 Å². The quantitative estimate of drug-likeness (QED) is 0.880. The number of hydrogen-bond donors (Lipinski definition) is 1. The molecule has 1 aromatic heterocycles. The molecule has 1 heterocycles. The van der Waals surface area contributed by atoms with Crippen LogP contribution in [0.25, 0.3) is 0 Å². The van der Waals surface area contributed by atoms with E-state index in [1.807, 2.05) is 12.1 Å². The molecular weight excluding hydrogens is 280 g/mol. The molecule has 0 radical (unpaired) electrons. The van der Waals surface area contributed by atoms with Crippen molar-refractivity contribution in [2.24, 2.45) is 0 Å². The monoisotopic (exact) mass is 304 g/mol. The molecule has 0 bridgehead atoms. The van der Waals surface area contributed by atoms with Crippen molar-refractivity contribution in [2.45, 2.75) is 39.7 Å². The van der Waals surface area contributed by atoms with E-state index < -0.39 is 0 Å². The number of para-hydroxylation sites is 1. The first-order chi connectivity index (χ1) is 10.00. The van der Waals surface area contributed by atoms with Gasteiger partial charge >= 0.3 is 0 Å². The van der Waals surface area contributed by atoms with Gasteiger partial charge < -0.3 is 10.1 Å². The van der Waals surface area contributed by atoms with E-state index in [0.717, 1.165) is 29.4 Å². The Morgan fingerprint density at radius 3 is 2.57 bits per heavy atom. The number of rotatable bonds is 6. The van der Waals surface area contributed by atoms with E-state index >= 15 is 0 Å². The van der Waals surface area contributed by atoms with E-state index in [2.05, 4.69) is 45.1 Å². The number of thiazole rings is 1. The summed E-state index contributed by atoms with van der Waals surface area (Å²) in [4.78, 5) is 6.05. The lowest BCUT2D eigenvalue weighted by atomic mass is 9.92. The van der Waals surface area contributed by atoms with Crippen LogP contribution >= 0.6 is 11.3 Å². The van der Waals surface area contributed by atoms with Crippen LogP contribution in [0.2, 0.25) is 0 Å². The summed E-state index contributed by atoms with van der Waals surface area (Å²) in [5, 5.41) is 4.75. The lowest BCUT2D eigenvalue weighted by molar-refractivity contribution is 0.357. The summed E-state index contributed by atoms with van der Waals surface area (Å²) in [5.41, 5.74) is 2.15. The first-order valence-electron chi connectivity index (χ1n) is 7.31. The Balaban J connectivity index is 2.38. The number of nitrogens with zero attached hydrogens (tertiary/aromatic N) is 1. The molecule has 1 unspecified atom stereocenters. The van der Waals surface area contributed by atoms with Crippen molar-refractivity contribution in [3.8, 4) is 5.75 Å². The second-order valence-corrected chi connectivity index (χ2v) is 6.71. The summed E-state index contributed by atoms with van der Waals surface area (Å²) in [7, 11) is 1.72. The highest BCUT2D eigenvalue weighted by atomic mass is 32.1. The summed E-state index contributed by atoms with van der Waals surface area (Å²) in [6, 6.07) is 8.20. The zero-order valence-electron chi connectivity index (χ0n) is 13.5. The van der Waals surface area contributed by atoms with Crippen LogP contribution in [-0.2, 0) is 12.0 Å². The van der Waals surface area contributed by atoms with Crippen LogP contribution in [0.4, 0.5) is 0 Å². The molecule has 0 amide bonds. The van der Waals surface area contributed by atoms with Crippen LogP contribution in [0, 0.1) is 13.8 Å². The van der Waals surface area contributed by atoms with E-state index in [9.17, 15) is 0 Å². The highest BCUT2D eigenvalue weighted by Gasteiger charge is 2.30. The lowest BCUT2D eigenvalue weighted by Crippen LogP contribution is -2.41. The van der Waals surface area contributed by atoms with Gasteiger partial charge in [-0.25, -0.2) is 4.98 Å². The molecule has 114 valence electrons. The molecule has 1 aromatic carbocycles. The van der Waals surface area contributed by atoms with Gasteiger partial charge in [-0.05, 0) is 38.9 Å². The van der Waals surface area contributed by atoms with Gasteiger partial charge in [0, 0.05) is 11.3 Å². The third-order valence-electron chi connectivity index (χ3n) is 3.80. The summed E-state index contributed by atoms with van der Waals surface area (Å²) in [5.74, 6) is 0.937. The Kier molecular flexibility index (Phi) is 5.01. The van der Waals surface area contributed by atoms with Crippen molar-refractivity contribution in [2.75, 3.05) is 13.7 Å². The number of ether oxygens (including phenoxy) is 1. The topological polar surface area (TPSA) is 34.1 Å². The predicted molar refractivity (Wildman–Crippen MR) is 89.3 cm³/mol. The van der Waals surface area contributed by atoms with Crippen LogP contribution in [0.5, 0.6) is 5.75 Å². The van der Waals surface area contributed by atoms with Gasteiger partial charge in [0.25, 0.3) is 0 Å². The van der Waals surface area contributed by atoms with E-state index in [0.29, 0.717) is 0 Å². The Bertz CT molecular complexity index is 589. The number of hydrogen-bond acceptors (Lipinski definition) is 4. The Morgan fingerprint density at radius 2 is 2.00 bits per heavy atom. The molecule has 0 aliphatic carbocycles. The minimum Gasteiger partial charge on any atom is -0.496 e. The summed E-state index contributed by atoms with van der Waals surface area (Å²) < 4.78 is 5.49. The van der Waals surface area contributed by atoms with E-state index in [1.54, 1.807) is 18.4 Å². The molecule has 21 heavy (non-hydrogen) atoms. The molecule has 2 aromatic rings. The van der Waals surface area contributed by atoms with Gasteiger partial charge in [0.05, 0.1) is 18.3 Å². The summed E-state index contributed by atoms with van der Waals surface area (Å²) in [6.07, 6.45) is 0.858. The summed E-state index contributed by atoms with van der Waals surface area (Å²) in [6.45, 7) is 9.47. The Hall–Kier alpha value is -1.39. The molecule has 3 nitrogen and oxygen atoms in total. The molecule has 4 heteroatoms. The maximum absolute atomic E-state index is 5.49. The number of likely N-dealkylation sites (N-methyl/N-ethyl adjacent to an activating group) is 1. The zero-order chi connectivity index (χ0) is 15.5. The van der Waals surface area contributed by atoms with Gasteiger partial charge in [-0.3, -0.25) is 0 Å². The number of aryl methyl sites for hydroxylation is 2. The fourth-order valence-electron chi connectivity index (χ4n) is 2.54. The normalized spacial score (nSPS) is 14.0. The minimum absolute atomic E-state index is 0.174. The second-order valence-electron chi connectivity index (χ2n) is 5.51. The largest absolute Gasteiger partial charge is 0.496 e. The van der Waals surface area contributed by atoms with Gasteiger partial charge in [0.1, 0.15) is 10.8 Å². The molecule has 0 saturated carbocycles.